The summed E-state index contributed by atoms with van der Waals surface area (Å²) < 4.78 is 6.10. The molecule has 0 radical (unpaired) electrons. The van der Waals surface area contributed by atoms with Gasteiger partial charge in [0, 0.05) is 23.6 Å². The van der Waals surface area contributed by atoms with E-state index in [4.69, 9.17) is 0 Å². The summed E-state index contributed by atoms with van der Waals surface area (Å²) in [5.74, 6) is -0.282. The number of anilines is 1. The lowest BCUT2D eigenvalue weighted by molar-refractivity contribution is -0.116. The molecular formula is C20H17N5O2S. The number of hydrogen-bond donors (Lipinski definition) is 1. The molecule has 1 N–H and O–H groups in total. The first-order valence-corrected chi connectivity index (χ1v) is 9.42. The van der Waals surface area contributed by atoms with Gasteiger partial charge in [0.2, 0.25) is 5.91 Å². The molecule has 4 rings (SSSR count). The Kier molecular flexibility index (Phi) is 4.70. The first-order chi connectivity index (χ1) is 13.5. The summed E-state index contributed by atoms with van der Waals surface area (Å²) in [6, 6.07) is 9.47. The number of nitrogens with one attached hydrogen (secondary N) is 1. The summed E-state index contributed by atoms with van der Waals surface area (Å²) in [7, 11) is 0. The molecule has 1 amide bonds. The smallest absolute Gasteiger partial charge is 0.273 e. The predicted octanol–water partition coefficient (Wildman–Crippen LogP) is 3.17. The van der Waals surface area contributed by atoms with Crippen LogP contribution in [-0.4, -0.2) is 24.8 Å². The molecule has 0 saturated heterocycles. The number of hydrogen-bond acceptors (Lipinski definition) is 6. The minimum Gasteiger partial charge on any atom is -0.324 e. The Hall–Kier alpha value is -3.39. The van der Waals surface area contributed by atoms with Gasteiger partial charge in [-0.2, -0.15) is 4.37 Å². The van der Waals surface area contributed by atoms with Gasteiger partial charge in [-0.25, -0.2) is 4.98 Å². The highest BCUT2D eigenvalue weighted by atomic mass is 32.1. The van der Waals surface area contributed by atoms with E-state index in [9.17, 15) is 9.59 Å². The fourth-order valence-electron chi connectivity index (χ4n) is 2.88. The fourth-order valence-corrected chi connectivity index (χ4v) is 3.69. The van der Waals surface area contributed by atoms with Gasteiger partial charge in [-0.3, -0.25) is 19.1 Å². The second-order valence-corrected chi connectivity index (χ2v) is 7.26. The highest BCUT2D eigenvalue weighted by Crippen LogP contribution is 2.26. The van der Waals surface area contributed by atoms with Gasteiger partial charge in [-0.15, -0.1) is 0 Å². The van der Waals surface area contributed by atoms with E-state index in [1.54, 1.807) is 12.4 Å². The monoisotopic (exact) mass is 391 g/mol. The summed E-state index contributed by atoms with van der Waals surface area (Å²) in [6.07, 6.45) is 4.73. The number of fused-ring (bicyclic) bond motifs is 1. The number of carbonyl (C=O) groups excluding carboxylic acids is 1. The Morgan fingerprint density at radius 1 is 1.18 bits per heavy atom. The maximum Gasteiger partial charge on any atom is 0.273 e. The van der Waals surface area contributed by atoms with Crippen LogP contribution in [0.15, 0.2) is 53.8 Å². The van der Waals surface area contributed by atoms with Crippen LogP contribution < -0.4 is 10.9 Å². The maximum absolute atomic E-state index is 12.8. The van der Waals surface area contributed by atoms with Crippen LogP contribution in [0.3, 0.4) is 0 Å². The Bertz CT molecular complexity index is 1230. The van der Waals surface area contributed by atoms with Crippen LogP contribution in [0.2, 0.25) is 0 Å². The molecule has 0 aliphatic heterocycles. The largest absolute Gasteiger partial charge is 0.324 e. The topological polar surface area (TPSA) is 89.8 Å². The Morgan fingerprint density at radius 2 is 1.96 bits per heavy atom. The van der Waals surface area contributed by atoms with Gasteiger partial charge in [0.15, 0.2) is 0 Å². The maximum atomic E-state index is 12.8. The number of aromatic nitrogens is 4. The van der Waals surface area contributed by atoms with Crippen molar-refractivity contribution < 1.29 is 4.79 Å². The summed E-state index contributed by atoms with van der Waals surface area (Å²) in [6.45, 7) is 3.77. The third-order valence-electron chi connectivity index (χ3n) is 4.38. The SMILES string of the molecule is Cc1ccc(C)c(NC(=O)Cn2cnc3c(-c4ccncc4)nsc3c2=O)c1. The molecule has 28 heavy (non-hydrogen) atoms. The number of pyridine rings is 1. The van der Waals surface area contributed by atoms with Crippen molar-refractivity contribution in [3.8, 4) is 11.3 Å². The third kappa shape index (κ3) is 3.41. The lowest BCUT2D eigenvalue weighted by atomic mass is 10.1. The standard InChI is InChI=1S/C20H17N5O2S/c1-12-3-4-13(2)15(9-12)23-16(26)10-25-11-22-18-17(14-5-7-21-8-6-14)24-28-19(18)20(25)27/h3-9,11H,10H2,1-2H3,(H,23,26). The van der Waals surface area contributed by atoms with Crippen LogP contribution in [-0.2, 0) is 11.3 Å². The number of amides is 1. The number of benzene rings is 1. The zero-order valence-corrected chi connectivity index (χ0v) is 16.2. The van der Waals surface area contributed by atoms with E-state index in [0.717, 1.165) is 33.9 Å². The van der Waals surface area contributed by atoms with Crippen molar-refractivity contribution in [2.75, 3.05) is 5.32 Å². The summed E-state index contributed by atoms with van der Waals surface area (Å²) in [4.78, 5) is 33.6. The van der Waals surface area contributed by atoms with Crippen molar-refractivity contribution in [2.24, 2.45) is 0 Å². The van der Waals surface area contributed by atoms with E-state index in [0.29, 0.717) is 15.9 Å². The minimum absolute atomic E-state index is 0.113. The molecule has 0 aliphatic carbocycles. The van der Waals surface area contributed by atoms with Crippen LogP contribution in [0.4, 0.5) is 5.69 Å². The highest BCUT2D eigenvalue weighted by molar-refractivity contribution is 7.13. The van der Waals surface area contributed by atoms with E-state index >= 15 is 0 Å². The summed E-state index contributed by atoms with van der Waals surface area (Å²) in [5, 5.41) is 2.86. The number of rotatable bonds is 4. The molecule has 140 valence electrons. The Labute approximate surface area is 164 Å². The van der Waals surface area contributed by atoms with Crippen LogP contribution in [0, 0.1) is 13.8 Å². The minimum atomic E-state index is -0.282. The quantitative estimate of drug-likeness (QED) is 0.577. The molecule has 8 heteroatoms. The van der Waals surface area contributed by atoms with E-state index < -0.39 is 0 Å². The van der Waals surface area contributed by atoms with Gasteiger partial charge >= 0.3 is 0 Å². The third-order valence-corrected chi connectivity index (χ3v) is 5.21. The molecule has 0 saturated carbocycles. The van der Waals surface area contributed by atoms with Gasteiger partial charge in [-0.1, -0.05) is 12.1 Å². The molecule has 4 aromatic rings. The van der Waals surface area contributed by atoms with Crippen molar-refractivity contribution in [1.29, 1.82) is 0 Å². The van der Waals surface area contributed by atoms with Crippen molar-refractivity contribution >= 4 is 33.3 Å². The van der Waals surface area contributed by atoms with Crippen molar-refractivity contribution in [3.63, 3.8) is 0 Å². The molecular weight excluding hydrogens is 374 g/mol. The van der Waals surface area contributed by atoms with E-state index in [2.05, 4.69) is 19.7 Å². The molecule has 0 spiro atoms. The molecule has 3 heterocycles. The molecule has 1 aromatic carbocycles. The molecule has 7 nitrogen and oxygen atoms in total. The van der Waals surface area contributed by atoms with E-state index in [1.807, 2.05) is 44.2 Å². The average Bonchev–Trinajstić information content (AvgIpc) is 3.12. The normalized spacial score (nSPS) is 10.9. The van der Waals surface area contributed by atoms with Crippen LogP contribution >= 0.6 is 11.5 Å². The fraction of sp³-hybridized carbons (Fsp3) is 0.150. The second kappa shape index (κ2) is 7.32. The lowest BCUT2D eigenvalue weighted by Crippen LogP contribution is -2.27. The van der Waals surface area contributed by atoms with Gasteiger partial charge in [-0.05, 0) is 54.7 Å². The van der Waals surface area contributed by atoms with Gasteiger partial charge in [0.1, 0.15) is 22.5 Å². The average molecular weight is 391 g/mol. The van der Waals surface area contributed by atoms with Crippen molar-refractivity contribution in [2.45, 2.75) is 20.4 Å². The zero-order chi connectivity index (χ0) is 19.7. The number of aryl methyl sites for hydroxylation is 2. The molecule has 3 aromatic heterocycles. The Morgan fingerprint density at radius 3 is 2.75 bits per heavy atom. The second-order valence-electron chi connectivity index (χ2n) is 6.49. The van der Waals surface area contributed by atoms with Crippen LogP contribution in [0.25, 0.3) is 21.5 Å². The zero-order valence-electron chi connectivity index (χ0n) is 15.3. The molecule has 0 aliphatic rings. The highest BCUT2D eigenvalue weighted by Gasteiger charge is 2.15. The van der Waals surface area contributed by atoms with Gasteiger partial charge < -0.3 is 5.32 Å². The van der Waals surface area contributed by atoms with Crippen LogP contribution in [0.1, 0.15) is 11.1 Å². The van der Waals surface area contributed by atoms with Crippen molar-refractivity contribution in [1.82, 2.24) is 18.9 Å². The first kappa shape index (κ1) is 18.0. The van der Waals surface area contributed by atoms with E-state index in [1.165, 1.54) is 10.9 Å². The molecule has 0 fully saturated rings. The van der Waals surface area contributed by atoms with Crippen LogP contribution in [0.5, 0.6) is 0 Å². The van der Waals surface area contributed by atoms with Gasteiger partial charge in [0.25, 0.3) is 5.56 Å². The Balaban J connectivity index is 1.61. The first-order valence-electron chi connectivity index (χ1n) is 8.65. The number of carbonyl (C=O) groups is 1. The summed E-state index contributed by atoms with van der Waals surface area (Å²) in [5.41, 5.74) is 4.50. The lowest BCUT2D eigenvalue weighted by Gasteiger charge is -2.10. The summed E-state index contributed by atoms with van der Waals surface area (Å²) >= 11 is 1.09. The van der Waals surface area contributed by atoms with Gasteiger partial charge in [0.05, 0.1) is 6.33 Å². The number of nitrogens with zero attached hydrogens (tertiary/aromatic N) is 4. The van der Waals surface area contributed by atoms with Crippen molar-refractivity contribution in [3.05, 3.63) is 70.5 Å². The molecule has 0 bridgehead atoms. The molecule has 0 unspecified atom stereocenters. The molecule has 0 atom stereocenters. The van der Waals surface area contributed by atoms with E-state index in [-0.39, 0.29) is 18.0 Å². The predicted molar refractivity (Wildman–Crippen MR) is 109 cm³/mol.